The van der Waals surface area contributed by atoms with E-state index in [1.54, 1.807) is 18.4 Å². The molecule has 26 heavy (non-hydrogen) atoms. The molecule has 2 rings (SSSR count). The minimum absolute atomic E-state index is 0.0560. The molecule has 0 radical (unpaired) electrons. The van der Waals surface area contributed by atoms with Gasteiger partial charge >= 0.3 is 0 Å². The average molecular weight is 378 g/mol. The van der Waals surface area contributed by atoms with Crippen molar-refractivity contribution in [1.82, 2.24) is 15.2 Å². The maximum absolute atomic E-state index is 12.5. The smallest absolute Gasteiger partial charge is 0.277 e. The Balaban J connectivity index is 1.93. The van der Waals surface area contributed by atoms with Gasteiger partial charge in [0.15, 0.2) is 11.6 Å². The normalized spacial score (nSPS) is 14.1. The van der Waals surface area contributed by atoms with Crippen molar-refractivity contribution in [1.29, 1.82) is 0 Å². The minimum Gasteiger partial charge on any atom is -0.350 e. The molecule has 0 spiro atoms. The van der Waals surface area contributed by atoms with E-state index in [2.05, 4.69) is 23.3 Å². The van der Waals surface area contributed by atoms with Crippen LogP contribution in [0.15, 0.2) is 24.3 Å². The van der Waals surface area contributed by atoms with Crippen LogP contribution in [0, 0.1) is 0 Å². The first-order valence-electron chi connectivity index (χ1n) is 8.79. The molecule has 142 valence electrons. The van der Waals surface area contributed by atoms with Crippen LogP contribution in [-0.4, -0.2) is 54.4 Å². The Morgan fingerprint density at radius 1 is 1.31 bits per heavy atom. The van der Waals surface area contributed by atoms with E-state index in [-0.39, 0.29) is 29.9 Å². The van der Waals surface area contributed by atoms with Crippen molar-refractivity contribution in [3.05, 3.63) is 29.3 Å². The van der Waals surface area contributed by atoms with Crippen LogP contribution >= 0.6 is 11.3 Å². The molecule has 1 unspecified atom stereocenters. The number of amides is 2. The summed E-state index contributed by atoms with van der Waals surface area (Å²) < 4.78 is 1.16. The van der Waals surface area contributed by atoms with Crippen LogP contribution in [-0.2, 0) is 9.59 Å². The number of aromatic nitrogens is 1. The zero-order valence-electron chi connectivity index (χ0n) is 16.4. The predicted octanol–water partition coefficient (Wildman–Crippen LogP) is 1.25. The summed E-state index contributed by atoms with van der Waals surface area (Å²) in [5.41, 5.74) is 0.694. The maximum atomic E-state index is 12.5. The molecule has 2 aromatic rings. The summed E-state index contributed by atoms with van der Waals surface area (Å²) in [5.74, 6) is -0.204. The molecule has 0 fully saturated rings. The molecule has 1 aromatic heterocycles. The number of rotatable bonds is 6. The maximum Gasteiger partial charge on any atom is 0.277 e. The summed E-state index contributed by atoms with van der Waals surface area (Å²) in [7, 11) is 3.65. The third-order valence-electron chi connectivity index (χ3n) is 4.17. The molecule has 0 aliphatic rings. The van der Waals surface area contributed by atoms with Gasteiger partial charge in [-0.15, -0.1) is 11.3 Å². The number of hydrogen-bond donors (Lipinski definition) is 2. The number of carbonyl (C=O) groups is 2. The van der Waals surface area contributed by atoms with Crippen LogP contribution in [0.1, 0.15) is 38.7 Å². The fraction of sp³-hybridized carbons (Fsp3) is 0.526. The number of fused-ring (bicyclic) bond motifs is 1. The fourth-order valence-corrected chi connectivity index (χ4v) is 3.69. The van der Waals surface area contributed by atoms with Crippen LogP contribution in [0.4, 0.5) is 0 Å². The topological polar surface area (TPSA) is 66.7 Å². The second kappa shape index (κ2) is 8.14. The van der Waals surface area contributed by atoms with Crippen molar-refractivity contribution in [2.45, 2.75) is 39.3 Å². The van der Waals surface area contributed by atoms with Gasteiger partial charge in [0.2, 0.25) is 5.91 Å². The Morgan fingerprint density at radius 2 is 1.96 bits per heavy atom. The molecule has 0 aliphatic carbocycles. The monoisotopic (exact) mass is 377 g/mol. The number of benzene rings is 1. The van der Waals surface area contributed by atoms with E-state index in [0.29, 0.717) is 6.54 Å². The van der Waals surface area contributed by atoms with Gasteiger partial charge in [0.05, 0.1) is 23.8 Å². The van der Waals surface area contributed by atoms with Crippen LogP contribution in [0.25, 0.3) is 10.2 Å². The van der Waals surface area contributed by atoms with Crippen LogP contribution in [0.2, 0.25) is 0 Å². The second-order valence-electron chi connectivity index (χ2n) is 7.81. The first-order chi connectivity index (χ1) is 12.1. The molecule has 2 atom stereocenters. The number of hydrogen-bond acceptors (Lipinski definition) is 4. The van der Waals surface area contributed by atoms with Crippen LogP contribution < -0.4 is 10.2 Å². The molecule has 0 saturated heterocycles. The Labute approximate surface area is 159 Å². The van der Waals surface area contributed by atoms with E-state index >= 15 is 0 Å². The average Bonchev–Trinajstić information content (AvgIpc) is 2.95. The molecule has 0 aliphatic heterocycles. The summed E-state index contributed by atoms with van der Waals surface area (Å²) in [6, 6.07) is 8.16. The zero-order valence-corrected chi connectivity index (χ0v) is 17.2. The Bertz CT molecular complexity index is 748. The molecule has 0 bridgehead atoms. The van der Waals surface area contributed by atoms with Gasteiger partial charge < -0.3 is 15.1 Å². The second-order valence-corrected chi connectivity index (χ2v) is 8.87. The molecule has 1 aromatic carbocycles. The number of thiazole rings is 1. The first-order valence-corrected chi connectivity index (χ1v) is 9.61. The summed E-state index contributed by atoms with van der Waals surface area (Å²) >= 11 is 1.67. The van der Waals surface area contributed by atoms with E-state index in [4.69, 9.17) is 0 Å². The first kappa shape index (κ1) is 20.3. The standard InChI is InChI=1S/C19H28N4O2S/c1-13(18-20-14-9-7-8-10-15(14)26-18)22(5)12-17(25)23(6)11-16(24)21-19(2,3)4/h7-10,13H,11-12H2,1-6H3,(H,21,24)/p+1/t13-/m1/s1. The summed E-state index contributed by atoms with van der Waals surface area (Å²) in [6.45, 7) is 8.22. The highest BCUT2D eigenvalue weighted by molar-refractivity contribution is 7.18. The van der Waals surface area contributed by atoms with Crippen LogP contribution in [0.5, 0.6) is 0 Å². The van der Waals surface area contributed by atoms with E-state index in [1.807, 2.05) is 46.0 Å². The number of para-hydroxylation sites is 1. The summed E-state index contributed by atoms with van der Waals surface area (Å²) in [5, 5.41) is 3.89. The van der Waals surface area contributed by atoms with Crippen LogP contribution in [0.3, 0.4) is 0 Å². The number of nitrogens with one attached hydrogen (secondary N) is 2. The van der Waals surface area contributed by atoms with Gasteiger partial charge in [-0.2, -0.15) is 0 Å². The molecule has 2 amide bonds. The lowest BCUT2D eigenvalue weighted by molar-refractivity contribution is -0.902. The van der Waals surface area contributed by atoms with Crippen molar-refractivity contribution in [2.24, 2.45) is 0 Å². The van der Waals surface area contributed by atoms with E-state index in [9.17, 15) is 9.59 Å². The van der Waals surface area contributed by atoms with Gasteiger partial charge in [-0.3, -0.25) is 9.59 Å². The lowest BCUT2D eigenvalue weighted by Gasteiger charge is -2.25. The van der Waals surface area contributed by atoms with Gasteiger partial charge in [0.25, 0.3) is 5.91 Å². The summed E-state index contributed by atoms with van der Waals surface area (Å²) in [4.78, 5) is 31.7. The van der Waals surface area contributed by atoms with Crippen molar-refractivity contribution < 1.29 is 14.5 Å². The lowest BCUT2D eigenvalue weighted by Crippen LogP contribution is -3.10. The number of nitrogens with zero attached hydrogens (tertiary/aromatic N) is 2. The van der Waals surface area contributed by atoms with E-state index in [1.165, 1.54) is 4.90 Å². The Kier molecular flexibility index (Phi) is 6.36. The van der Waals surface area contributed by atoms with Crippen molar-refractivity contribution in [3.63, 3.8) is 0 Å². The number of likely N-dealkylation sites (N-methyl/N-ethyl adjacent to an activating group) is 2. The molecule has 0 saturated carbocycles. The van der Waals surface area contributed by atoms with Crippen molar-refractivity contribution in [2.75, 3.05) is 27.2 Å². The number of quaternary nitrogens is 1. The van der Waals surface area contributed by atoms with Gasteiger partial charge in [-0.25, -0.2) is 4.98 Å². The fourth-order valence-electron chi connectivity index (χ4n) is 2.57. The molecular formula is C19H29N4O2S+. The third-order valence-corrected chi connectivity index (χ3v) is 5.39. The van der Waals surface area contributed by atoms with Crippen molar-refractivity contribution >= 4 is 33.4 Å². The number of carbonyl (C=O) groups excluding carboxylic acids is 2. The highest BCUT2D eigenvalue weighted by Gasteiger charge is 2.25. The molecule has 2 N–H and O–H groups in total. The third kappa shape index (κ3) is 5.51. The van der Waals surface area contributed by atoms with E-state index < -0.39 is 0 Å². The Morgan fingerprint density at radius 3 is 2.58 bits per heavy atom. The molecule has 1 heterocycles. The van der Waals surface area contributed by atoms with Gasteiger partial charge in [0, 0.05) is 12.6 Å². The highest BCUT2D eigenvalue weighted by Crippen LogP contribution is 2.24. The molecular weight excluding hydrogens is 348 g/mol. The SMILES string of the molecule is C[C@H](c1nc2ccccc2s1)[NH+](C)CC(=O)N(C)CC(=O)NC(C)(C)C. The summed E-state index contributed by atoms with van der Waals surface area (Å²) in [6.07, 6.45) is 0. The zero-order chi connectivity index (χ0) is 19.5. The molecule has 7 heteroatoms. The van der Waals surface area contributed by atoms with Gasteiger partial charge in [0.1, 0.15) is 6.04 Å². The van der Waals surface area contributed by atoms with Gasteiger partial charge in [-0.1, -0.05) is 12.1 Å². The predicted molar refractivity (Wildman–Crippen MR) is 105 cm³/mol. The van der Waals surface area contributed by atoms with Crippen molar-refractivity contribution in [3.8, 4) is 0 Å². The lowest BCUT2D eigenvalue weighted by atomic mass is 10.1. The Hall–Kier alpha value is -1.99. The highest BCUT2D eigenvalue weighted by atomic mass is 32.1. The quantitative estimate of drug-likeness (QED) is 0.796. The van der Waals surface area contributed by atoms with Gasteiger partial charge in [-0.05, 0) is 39.8 Å². The van der Waals surface area contributed by atoms with E-state index in [0.717, 1.165) is 20.1 Å². The largest absolute Gasteiger partial charge is 0.350 e. The minimum atomic E-state index is -0.301. The molecule has 6 nitrogen and oxygen atoms in total.